The summed E-state index contributed by atoms with van der Waals surface area (Å²) in [7, 11) is 0. The van der Waals surface area contributed by atoms with E-state index in [1.165, 1.54) is 0 Å². The summed E-state index contributed by atoms with van der Waals surface area (Å²) in [6.07, 6.45) is 7.99. The molecule has 0 saturated carbocycles. The Morgan fingerprint density at radius 1 is 1.27 bits per heavy atom. The summed E-state index contributed by atoms with van der Waals surface area (Å²) in [5.41, 5.74) is 0.0592. The van der Waals surface area contributed by atoms with Crippen LogP contribution in [0.15, 0.2) is 0 Å². The van der Waals surface area contributed by atoms with Gasteiger partial charge in [0.1, 0.15) is 18.5 Å². The number of carbonyl (C=O) groups excluding carboxylic acids is 1. The zero-order chi connectivity index (χ0) is 11.7. The van der Waals surface area contributed by atoms with Crippen LogP contribution in [0.25, 0.3) is 0 Å². The lowest BCUT2D eigenvalue weighted by atomic mass is 9.89. The summed E-state index contributed by atoms with van der Waals surface area (Å²) in [5.74, 6) is 0.236. The van der Waals surface area contributed by atoms with Crippen molar-refractivity contribution in [2.75, 3.05) is 19.8 Å². The van der Waals surface area contributed by atoms with Crippen molar-refractivity contribution in [2.24, 2.45) is 5.41 Å². The van der Waals surface area contributed by atoms with E-state index in [1.807, 2.05) is 20.8 Å². The van der Waals surface area contributed by atoms with Gasteiger partial charge >= 0.3 is 0 Å². The number of ether oxygens (including phenoxy) is 2. The second kappa shape index (κ2) is 7.30. The van der Waals surface area contributed by atoms with Gasteiger partial charge in [-0.1, -0.05) is 27.2 Å². The van der Waals surface area contributed by atoms with Crippen LogP contribution in [-0.2, 0) is 14.3 Å². The number of carbonyl (C=O) groups is 1. The molecule has 0 aliphatic rings. The van der Waals surface area contributed by atoms with Gasteiger partial charge in [-0.05, 0) is 5.41 Å². The first-order valence-electron chi connectivity index (χ1n) is 5.12. The van der Waals surface area contributed by atoms with Crippen molar-refractivity contribution in [3.8, 4) is 12.5 Å². The molecule has 0 atom stereocenters. The lowest BCUT2D eigenvalue weighted by Crippen LogP contribution is -2.15. The third kappa shape index (κ3) is 10.9. The lowest BCUT2D eigenvalue weighted by molar-refractivity contribution is -0.121. The van der Waals surface area contributed by atoms with Gasteiger partial charge in [0.05, 0.1) is 13.2 Å². The van der Waals surface area contributed by atoms with Crippen LogP contribution in [0.1, 0.15) is 33.6 Å². The molecule has 0 aliphatic heterocycles. The van der Waals surface area contributed by atoms with Gasteiger partial charge in [0.2, 0.25) is 0 Å². The van der Waals surface area contributed by atoms with E-state index in [4.69, 9.17) is 11.2 Å². The first-order chi connectivity index (χ1) is 6.95. The zero-order valence-corrected chi connectivity index (χ0v) is 9.84. The summed E-state index contributed by atoms with van der Waals surface area (Å²) >= 11 is 0. The molecule has 3 heteroatoms. The average Bonchev–Trinajstić information content (AvgIpc) is 2.08. The number of Topliss-reactive ketones (excluding diaryl/α,β-unsaturated/α-hetero) is 1. The lowest BCUT2D eigenvalue weighted by Gasteiger charge is -2.16. The molecule has 3 nitrogen and oxygen atoms in total. The monoisotopic (exact) mass is 212 g/mol. The highest BCUT2D eigenvalue weighted by atomic mass is 16.5. The predicted molar refractivity (Wildman–Crippen MR) is 59.3 cm³/mol. The zero-order valence-electron chi connectivity index (χ0n) is 9.84. The minimum atomic E-state index is 0.0592. The molecule has 0 unspecified atom stereocenters. The van der Waals surface area contributed by atoms with Crippen LogP contribution < -0.4 is 0 Å². The van der Waals surface area contributed by atoms with Crippen LogP contribution >= 0.6 is 0 Å². The van der Waals surface area contributed by atoms with Gasteiger partial charge in [0.15, 0.2) is 0 Å². The van der Waals surface area contributed by atoms with E-state index < -0.39 is 0 Å². The largest absolute Gasteiger partial charge is 0.444 e. The topological polar surface area (TPSA) is 35.5 Å². The van der Waals surface area contributed by atoms with Crippen molar-refractivity contribution in [3.63, 3.8) is 0 Å². The van der Waals surface area contributed by atoms with Gasteiger partial charge in [-0.2, -0.15) is 0 Å². The molecule has 15 heavy (non-hydrogen) atoms. The van der Waals surface area contributed by atoms with E-state index in [2.05, 4.69) is 10.8 Å². The van der Waals surface area contributed by atoms with E-state index in [1.54, 1.807) is 0 Å². The normalized spacial score (nSPS) is 10.8. The minimum Gasteiger partial charge on any atom is -0.444 e. The third-order valence-electron chi connectivity index (χ3n) is 1.67. The Morgan fingerprint density at radius 3 is 2.47 bits per heavy atom. The fourth-order valence-electron chi connectivity index (χ4n) is 1.13. The van der Waals surface area contributed by atoms with Crippen molar-refractivity contribution >= 4 is 5.78 Å². The Bertz CT molecular complexity index is 220. The summed E-state index contributed by atoms with van der Waals surface area (Å²) in [5, 5.41) is 0. The Morgan fingerprint density at radius 2 is 1.93 bits per heavy atom. The second-order valence-electron chi connectivity index (χ2n) is 4.60. The minimum absolute atomic E-state index is 0.0592. The SMILES string of the molecule is C#COCCOCCC(=O)CC(C)(C)C. The Labute approximate surface area is 92.1 Å². The van der Waals surface area contributed by atoms with Crippen molar-refractivity contribution in [2.45, 2.75) is 33.6 Å². The molecule has 0 saturated heterocycles. The quantitative estimate of drug-likeness (QED) is 0.478. The standard InChI is InChI=1S/C12H20O3/c1-5-14-8-9-15-7-6-11(13)10-12(2,3)4/h1H,6-10H2,2-4H3. The molecule has 86 valence electrons. The molecule has 0 bridgehead atoms. The second-order valence-corrected chi connectivity index (χ2v) is 4.60. The molecule has 0 aromatic heterocycles. The molecule has 0 aromatic carbocycles. The molecule has 0 rings (SSSR count). The van der Waals surface area contributed by atoms with Gasteiger partial charge in [-0.25, -0.2) is 0 Å². The summed E-state index contributed by atoms with van der Waals surface area (Å²) in [6, 6.07) is 0. The maximum absolute atomic E-state index is 11.4. The van der Waals surface area contributed by atoms with Crippen molar-refractivity contribution < 1.29 is 14.3 Å². The highest BCUT2D eigenvalue weighted by Gasteiger charge is 2.15. The van der Waals surface area contributed by atoms with E-state index in [-0.39, 0.29) is 11.2 Å². The van der Waals surface area contributed by atoms with Crippen LogP contribution in [0.4, 0.5) is 0 Å². The van der Waals surface area contributed by atoms with E-state index in [0.29, 0.717) is 32.7 Å². The Kier molecular flexibility index (Phi) is 6.81. The number of rotatable bonds is 7. The van der Waals surface area contributed by atoms with E-state index >= 15 is 0 Å². The van der Waals surface area contributed by atoms with Gasteiger partial charge in [-0.15, -0.1) is 0 Å². The fourth-order valence-corrected chi connectivity index (χ4v) is 1.13. The van der Waals surface area contributed by atoms with Crippen molar-refractivity contribution in [3.05, 3.63) is 0 Å². The van der Waals surface area contributed by atoms with Gasteiger partial charge in [0, 0.05) is 12.8 Å². The van der Waals surface area contributed by atoms with Crippen LogP contribution in [0, 0.1) is 17.9 Å². The van der Waals surface area contributed by atoms with E-state index in [9.17, 15) is 4.79 Å². The van der Waals surface area contributed by atoms with E-state index in [0.717, 1.165) is 0 Å². The first kappa shape index (κ1) is 14.0. The smallest absolute Gasteiger partial charge is 0.135 e. The highest BCUT2D eigenvalue weighted by molar-refractivity contribution is 5.79. The van der Waals surface area contributed by atoms with Gasteiger partial charge in [-0.3, -0.25) is 4.79 Å². The predicted octanol–water partition coefficient (Wildman–Crippen LogP) is 2.01. The molecule has 0 amide bonds. The van der Waals surface area contributed by atoms with Gasteiger partial charge < -0.3 is 9.47 Å². The summed E-state index contributed by atoms with van der Waals surface area (Å²) in [4.78, 5) is 11.4. The molecule has 0 aromatic rings. The summed E-state index contributed by atoms with van der Waals surface area (Å²) in [6.45, 7) is 7.41. The van der Waals surface area contributed by atoms with Crippen LogP contribution in [0.2, 0.25) is 0 Å². The number of ketones is 1. The Hall–Kier alpha value is -1.01. The molecule has 0 N–H and O–H groups in total. The average molecular weight is 212 g/mol. The first-order valence-corrected chi connectivity index (χ1v) is 5.12. The molecule has 0 spiro atoms. The maximum atomic E-state index is 11.4. The van der Waals surface area contributed by atoms with Crippen molar-refractivity contribution in [1.29, 1.82) is 0 Å². The Balaban J connectivity index is 3.37. The van der Waals surface area contributed by atoms with Gasteiger partial charge in [0.25, 0.3) is 0 Å². The van der Waals surface area contributed by atoms with Crippen LogP contribution in [-0.4, -0.2) is 25.6 Å². The molecule has 0 radical (unpaired) electrons. The number of terminal acetylenes is 1. The highest BCUT2D eigenvalue weighted by Crippen LogP contribution is 2.19. The van der Waals surface area contributed by atoms with Crippen LogP contribution in [0.3, 0.4) is 0 Å². The molecule has 0 aliphatic carbocycles. The third-order valence-corrected chi connectivity index (χ3v) is 1.67. The molecule has 0 heterocycles. The molecular formula is C12H20O3. The van der Waals surface area contributed by atoms with Crippen LogP contribution in [0.5, 0.6) is 0 Å². The maximum Gasteiger partial charge on any atom is 0.135 e. The fraction of sp³-hybridized carbons (Fsp3) is 0.750. The number of hydrogen-bond donors (Lipinski definition) is 0. The molecular weight excluding hydrogens is 192 g/mol. The molecule has 0 fully saturated rings. The van der Waals surface area contributed by atoms with Crippen molar-refractivity contribution in [1.82, 2.24) is 0 Å². The number of hydrogen-bond acceptors (Lipinski definition) is 3. The summed E-state index contributed by atoms with van der Waals surface area (Å²) < 4.78 is 9.82.